The summed E-state index contributed by atoms with van der Waals surface area (Å²) in [5.74, 6) is -0.477. The second-order valence-corrected chi connectivity index (χ2v) is 5.42. The molecule has 0 radical (unpaired) electrons. The molecule has 0 unspecified atom stereocenters. The van der Waals surface area contributed by atoms with Crippen molar-refractivity contribution < 1.29 is 13.9 Å². The lowest BCUT2D eigenvalue weighted by Gasteiger charge is -2.34. The largest absolute Gasteiger partial charge is 0.397 e. The van der Waals surface area contributed by atoms with E-state index in [-0.39, 0.29) is 17.1 Å². The lowest BCUT2D eigenvalue weighted by Crippen LogP contribution is -2.36. The standard InChI is InChI=1S/C13H16ClF2NO/c14-12-8(5-10(16)6-11(12)17)7-13(18)3-1-9(15)2-4-13/h5-6,9,18H,1-4,7,17H2. The number of benzene rings is 1. The molecule has 1 aliphatic carbocycles. The van der Waals surface area contributed by atoms with Gasteiger partial charge in [0.15, 0.2) is 0 Å². The summed E-state index contributed by atoms with van der Waals surface area (Å²) in [7, 11) is 0. The van der Waals surface area contributed by atoms with Gasteiger partial charge in [-0.15, -0.1) is 0 Å². The Balaban J connectivity index is 2.18. The topological polar surface area (TPSA) is 46.2 Å². The molecule has 100 valence electrons. The fourth-order valence-electron chi connectivity index (χ4n) is 2.45. The molecule has 0 amide bonds. The molecule has 5 heteroatoms. The van der Waals surface area contributed by atoms with Crippen LogP contribution in [0.15, 0.2) is 12.1 Å². The maximum Gasteiger partial charge on any atom is 0.125 e. The Labute approximate surface area is 110 Å². The predicted molar refractivity (Wildman–Crippen MR) is 67.8 cm³/mol. The monoisotopic (exact) mass is 275 g/mol. The number of hydrogen-bond donors (Lipinski definition) is 2. The molecule has 0 bridgehead atoms. The number of nitrogens with two attached hydrogens (primary N) is 1. The molecule has 1 aliphatic rings. The third kappa shape index (κ3) is 2.93. The van der Waals surface area contributed by atoms with Crippen molar-refractivity contribution in [2.75, 3.05) is 5.73 Å². The number of nitrogen functional groups attached to an aromatic ring is 1. The van der Waals surface area contributed by atoms with E-state index in [4.69, 9.17) is 17.3 Å². The van der Waals surface area contributed by atoms with Crippen molar-refractivity contribution in [2.24, 2.45) is 0 Å². The molecular formula is C13H16ClF2NO. The Morgan fingerprint density at radius 2 is 2.00 bits per heavy atom. The van der Waals surface area contributed by atoms with E-state index in [1.165, 1.54) is 6.07 Å². The molecule has 2 nitrogen and oxygen atoms in total. The van der Waals surface area contributed by atoms with E-state index in [9.17, 15) is 13.9 Å². The Morgan fingerprint density at radius 1 is 1.39 bits per heavy atom. The van der Waals surface area contributed by atoms with Gasteiger partial charge in [0.05, 0.1) is 16.3 Å². The van der Waals surface area contributed by atoms with Gasteiger partial charge in [-0.25, -0.2) is 8.78 Å². The zero-order valence-electron chi connectivity index (χ0n) is 9.93. The van der Waals surface area contributed by atoms with Crippen LogP contribution in [0.25, 0.3) is 0 Å². The first-order chi connectivity index (χ1) is 8.39. The van der Waals surface area contributed by atoms with Crippen molar-refractivity contribution in [3.05, 3.63) is 28.5 Å². The number of hydrogen-bond acceptors (Lipinski definition) is 2. The average molecular weight is 276 g/mol. The lowest BCUT2D eigenvalue weighted by atomic mass is 9.80. The summed E-state index contributed by atoms with van der Waals surface area (Å²) in [5, 5.41) is 10.6. The first kappa shape index (κ1) is 13.6. The molecule has 18 heavy (non-hydrogen) atoms. The summed E-state index contributed by atoms with van der Waals surface area (Å²) in [5.41, 5.74) is 5.21. The highest BCUT2D eigenvalue weighted by molar-refractivity contribution is 6.33. The Kier molecular flexibility index (Phi) is 3.78. The maximum absolute atomic E-state index is 13.3. The fourth-order valence-corrected chi connectivity index (χ4v) is 2.62. The van der Waals surface area contributed by atoms with Crippen LogP contribution >= 0.6 is 11.6 Å². The number of anilines is 1. The van der Waals surface area contributed by atoms with E-state index < -0.39 is 17.6 Å². The van der Waals surface area contributed by atoms with Crippen molar-refractivity contribution in [3.8, 4) is 0 Å². The molecule has 3 N–H and O–H groups in total. The van der Waals surface area contributed by atoms with Gasteiger partial charge in [-0.05, 0) is 43.4 Å². The molecule has 1 saturated carbocycles. The molecule has 2 rings (SSSR count). The van der Waals surface area contributed by atoms with Crippen molar-refractivity contribution >= 4 is 17.3 Å². The molecular weight excluding hydrogens is 260 g/mol. The predicted octanol–water partition coefficient (Wildman–Crippen LogP) is 3.25. The summed E-state index contributed by atoms with van der Waals surface area (Å²) in [4.78, 5) is 0. The van der Waals surface area contributed by atoms with Crippen LogP contribution in [-0.4, -0.2) is 16.9 Å². The molecule has 0 spiro atoms. The van der Waals surface area contributed by atoms with Crippen LogP contribution in [0.4, 0.5) is 14.5 Å². The zero-order valence-corrected chi connectivity index (χ0v) is 10.7. The normalized spacial score (nSPS) is 28.3. The van der Waals surface area contributed by atoms with Gasteiger partial charge >= 0.3 is 0 Å². The number of halogens is 3. The Bertz CT molecular complexity index is 445. The quantitative estimate of drug-likeness (QED) is 0.814. The van der Waals surface area contributed by atoms with Gasteiger partial charge in [-0.2, -0.15) is 0 Å². The zero-order chi connectivity index (χ0) is 13.3. The SMILES string of the molecule is Nc1cc(F)cc(CC2(O)CCC(F)CC2)c1Cl. The van der Waals surface area contributed by atoms with Gasteiger partial charge in [-0.1, -0.05) is 11.6 Å². The van der Waals surface area contributed by atoms with Crippen molar-refractivity contribution in [2.45, 2.75) is 43.9 Å². The van der Waals surface area contributed by atoms with Crippen LogP contribution in [0, 0.1) is 5.82 Å². The van der Waals surface area contributed by atoms with Crippen molar-refractivity contribution in [1.82, 2.24) is 0 Å². The minimum absolute atomic E-state index is 0.162. The second-order valence-electron chi connectivity index (χ2n) is 5.04. The van der Waals surface area contributed by atoms with Gasteiger partial charge in [0.2, 0.25) is 0 Å². The Morgan fingerprint density at radius 3 is 2.61 bits per heavy atom. The van der Waals surface area contributed by atoms with E-state index in [2.05, 4.69) is 0 Å². The highest BCUT2D eigenvalue weighted by atomic mass is 35.5. The Hall–Kier alpha value is -0.870. The highest BCUT2D eigenvalue weighted by Crippen LogP contribution is 2.35. The van der Waals surface area contributed by atoms with Gasteiger partial charge in [0, 0.05) is 6.42 Å². The smallest absolute Gasteiger partial charge is 0.125 e. The molecule has 0 aliphatic heterocycles. The summed E-state index contributed by atoms with van der Waals surface area (Å²) in [6.07, 6.45) is 0.749. The maximum atomic E-state index is 13.3. The lowest BCUT2D eigenvalue weighted by molar-refractivity contribution is -0.0143. The summed E-state index contributed by atoms with van der Waals surface area (Å²) < 4.78 is 26.3. The highest BCUT2D eigenvalue weighted by Gasteiger charge is 2.34. The average Bonchev–Trinajstić information content (AvgIpc) is 2.30. The van der Waals surface area contributed by atoms with Crippen LogP contribution in [0.1, 0.15) is 31.2 Å². The third-order valence-electron chi connectivity index (χ3n) is 3.51. The molecule has 1 aromatic rings. The molecule has 1 fully saturated rings. The van der Waals surface area contributed by atoms with Crippen LogP contribution in [0.3, 0.4) is 0 Å². The first-order valence-corrected chi connectivity index (χ1v) is 6.37. The van der Waals surface area contributed by atoms with E-state index in [0.717, 1.165) is 6.07 Å². The molecule has 0 aromatic heterocycles. The summed E-state index contributed by atoms with van der Waals surface area (Å²) in [6.45, 7) is 0. The third-order valence-corrected chi connectivity index (χ3v) is 3.97. The summed E-state index contributed by atoms with van der Waals surface area (Å²) in [6, 6.07) is 2.42. The molecule has 1 aromatic carbocycles. The van der Waals surface area contributed by atoms with Gasteiger partial charge in [-0.3, -0.25) is 0 Å². The van der Waals surface area contributed by atoms with Gasteiger partial charge < -0.3 is 10.8 Å². The van der Waals surface area contributed by atoms with Gasteiger partial charge in [0.1, 0.15) is 12.0 Å². The van der Waals surface area contributed by atoms with Crippen molar-refractivity contribution in [3.63, 3.8) is 0 Å². The first-order valence-electron chi connectivity index (χ1n) is 5.99. The van der Waals surface area contributed by atoms with E-state index in [1.807, 2.05) is 0 Å². The number of alkyl halides is 1. The number of aliphatic hydroxyl groups is 1. The van der Waals surface area contributed by atoms with Crippen LogP contribution in [0.2, 0.25) is 5.02 Å². The molecule has 0 saturated heterocycles. The molecule has 0 atom stereocenters. The van der Waals surface area contributed by atoms with E-state index >= 15 is 0 Å². The van der Waals surface area contributed by atoms with Crippen LogP contribution in [-0.2, 0) is 6.42 Å². The van der Waals surface area contributed by atoms with Crippen molar-refractivity contribution in [1.29, 1.82) is 0 Å². The minimum Gasteiger partial charge on any atom is -0.397 e. The minimum atomic E-state index is -1.01. The van der Waals surface area contributed by atoms with Crippen LogP contribution < -0.4 is 5.73 Å². The van der Waals surface area contributed by atoms with Gasteiger partial charge in [0.25, 0.3) is 0 Å². The second kappa shape index (κ2) is 5.02. The molecule has 0 heterocycles. The van der Waals surface area contributed by atoms with E-state index in [0.29, 0.717) is 31.2 Å². The van der Waals surface area contributed by atoms with E-state index in [1.54, 1.807) is 0 Å². The number of rotatable bonds is 2. The van der Waals surface area contributed by atoms with Crippen LogP contribution in [0.5, 0.6) is 0 Å². The summed E-state index contributed by atoms with van der Waals surface area (Å²) >= 11 is 6.00. The fraction of sp³-hybridized carbons (Fsp3) is 0.538.